The van der Waals surface area contributed by atoms with Gasteiger partial charge in [0, 0.05) is 32.0 Å². The van der Waals surface area contributed by atoms with E-state index in [4.69, 9.17) is 4.74 Å². The van der Waals surface area contributed by atoms with Crippen LogP contribution in [-0.2, 0) is 4.74 Å². The summed E-state index contributed by atoms with van der Waals surface area (Å²) in [6.07, 6.45) is 4.86. The number of aryl methyl sites for hydroxylation is 1. The molecule has 1 saturated heterocycles. The van der Waals surface area contributed by atoms with Crippen molar-refractivity contribution in [3.63, 3.8) is 0 Å². The van der Waals surface area contributed by atoms with Crippen molar-refractivity contribution in [2.45, 2.75) is 13.0 Å². The number of nitrogens with one attached hydrogen (secondary N) is 1. The molecule has 7 nitrogen and oxygen atoms in total. The van der Waals surface area contributed by atoms with Gasteiger partial charge in [-0.1, -0.05) is 6.07 Å². The van der Waals surface area contributed by atoms with Gasteiger partial charge in [-0.05, 0) is 19.1 Å². The molecule has 0 aromatic carbocycles. The van der Waals surface area contributed by atoms with Gasteiger partial charge >= 0.3 is 0 Å². The first-order valence-electron chi connectivity index (χ1n) is 8.03. The van der Waals surface area contributed by atoms with Gasteiger partial charge in [-0.15, -0.1) is 0 Å². The molecule has 126 valence electrons. The van der Waals surface area contributed by atoms with E-state index in [-0.39, 0.29) is 11.9 Å². The molecule has 1 aliphatic rings. The van der Waals surface area contributed by atoms with E-state index in [1.807, 2.05) is 25.1 Å². The highest BCUT2D eigenvalue weighted by molar-refractivity contribution is 5.91. The maximum absolute atomic E-state index is 12.3. The number of rotatable bonds is 5. The highest BCUT2D eigenvalue weighted by Gasteiger charge is 2.24. The summed E-state index contributed by atoms with van der Waals surface area (Å²) >= 11 is 0. The van der Waals surface area contributed by atoms with Crippen molar-refractivity contribution in [1.82, 2.24) is 25.2 Å². The number of morpholine rings is 1. The van der Waals surface area contributed by atoms with Crippen LogP contribution in [0.25, 0.3) is 0 Å². The zero-order valence-electron chi connectivity index (χ0n) is 13.7. The summed E-state index contributed by atoms with van der Waals surface area (Å²) in [6, 6.07) is 5.85. The third kappa shape index (κ3) is 4.12. The van der Waals surface area contributed by atoms with E-state index < -0.39 is 0 Å². The number of nitrogens with zero attached hydrogens (tertiary/aromatic N) is 4. The van der Waals surface area contributed by atoms with Crippen molar-refractivity contribution in [2.24, 2.45) is 0 Å². The lowest BCUT2D eigenvalue weighted by atomic mass is 10.1. The summed E-state index contributed by atoms with van der Waals surface area (Å²) in [5.41, 5.74) is 2.04. The van der Waals surface area contributed by atoms with Gasteiger partial charge in [0.1, 0.15) is 5.69 Å². The Hall–Kier alpha value is -2.38. The van der Waals surface area contributed by atoms with Gasteiger partial charge in [0.2, 0.25) is 0 Å². The zero-order valence-corrected chi connectivity index (χ0v) is 13.7. The lowest BCUT2D eigenvalue weighted by Gasteiger charge is -2.34. The molecule has 1 unspecified atom stereocenters. The predicted octanol–water partition coefficient (Wildman–Crippen LogP) is 0.983. The first-order valence-corrected chi connectivity index (χ1v) is 8.03. The minimum Gasteiger partial charge on any atom is -0.379 e. The lowest BCUT2D eigenvalue weighted by molar-refractivity contribution is 0.0153. The monoisotopic (exact) mass is 327 g/mol. The van der Waals surface area contributed by atoms with E-state index in [0.29, 0.717) is 25.5 Å². The average Bonchev–Trinajstić information content (AvgIpc) is 2.64. The molecule has 1 aliphatic heterocycles. The lowest BCUT2D eigenvalue weighted by Crippen LogP contribution is -2.44. The fourth-order valence-corrected chi connectivity index (χ4v) is 2.67. The van der Waals surface area contributed by atoms with Crippen molar-refractivity contribution in [1.29, 1.82) is 0 Å². The fourth-order valence-electron chi connectivity index (χ4n) is 2.67. The van der Waals surface area contributed by atoms with Crippen LogP contribution < -0.4 is 5.32 Å². The molecule has 0 aliphatic carbocycles. The van der Waals surface area contributed by atoms with Crippen LogP contribution in [0.15, 0.2) is 36.8 Å². The quantitative estimate of drug-likeness (QED) is 0.882. The Labute approximate surface area is 141 Å². The molecular formula is C17H21N5O2. The number of pyridine rings is 1. The first-order chi connectivity index (χ1) is 11.7. The van der Waals surface area contributed by atoms with E-state index in [1.54, 1.807) is 12.4 Å². The molecule has 3 rings (SSSR count). The summed E-state index contributed by atoms with van der Waals surface area (Å²) < 4.78 is 5.42. The molecule has 3 heterocycles. The van der Waals surface area contributed by atoms with E-state index in [9.17, 15) is 4.79 Å². The molecular weight excluding hydrogens is 306 g/mol. The number of hydrogen-bond acceptors (Lipinski definition) is 6. The zero-order chi connectivity index (χ0) is 16.8. The normalized spacial score (nSPS) is 16.5. The van der Waals surface area contributed by atoms with E-state index in [2.05, 4.69) is 25.2 Å². The summed E-state index contributed by atoms with van der Waals surface area (Å²) in [4.78, 5) is 27.3. The number of carbonyl (C=O) groups is 1. The Bertz CT molecular complexity index is 656. The Kier molecular flexibility index (Phi) is 5.45. The van der Waals surface area contributed by atoms with Crippen molar-refractivity contribution >= 4 is 5.91 Å². The second-order valence-corrected chi connectivity index (χ2v) is 5.67. The standard InChI is InChI=1S/C17H21N5O2/c1-13-10-20-15(11-19-13)17(23)21-12-16(14-4-2-3-5-18-14)22-6-8-24-9-7-22/h2-5,10-11,16H,6-9,12H2,1H3,(H,21,23). The SMILES string of the molecule is Cc1cnc(C(=O)NCC(c2ccccn2)N2CCOCC2)cn1. The molecule has 1 N–H and O–H groups in total. The van der Waals surface area contributed by atoms with Gasteiger partial charge in [-0.2, -0.15) is 0 Å². The van der Waals surface area contributed by atoms with Crippen LogP contribution in [0.4, 0.5) is 0 Å². The number of hydrogen-bond donors (Lipinski definition) is 1. The first kappa shape index (κ1) is 16.5. The van der Waals surface area contributed by atoms with Gasteiger partial charge < -0.3 is 10.1 Å². The second-order valence-electron chi connectivity index (χ2n) is 5.67. The molecule has 7 heteroatoms. The highest BCUT2D eigenvalue weighted by Crippen LogP contribution is 2.19. The smallest absolute Gasteiger partial charge is 0.271 e. The molecule has 1 amide bonds. The largest absolute Gasteiger partial charge is 0.379 e. The third-order valence-corrected chi connectivity index (χ3v) is 3.99. The number of carbonyl (C=O) groups excluding carboxylic acids is 1. The van der Waals surface area contributed by atoms with E-state index >= 15 is 0 Å². The van der Waals surface area contributed by atoms with Crippen LogP contribution in [0.3, 0.4) is 0 Å². The van der Waals surface area contributed by atoms with Gasteiger partial charge in [0.05, 0.1) is 36.8 Å². The van der Waals surface area contributed by atoms with Crippen LogP contribution in [0, 0.1) is 6.92 Å². The van der Waals surface area contributed by atoms with Crippen LogP contribution in [0.2, 0.25) is 0 Å². The van der Waals surface area contributed by atoms with Crippen LogP contribution in [-0.4, -0.2) is 58.6 Å². The Balaban J connectivity index is 1.69. The summed E-state index contributed by atoms with van der Waals surface area (Å²) in [7, 11) is 0. The van der Waals surface area contributed by atoms with Crippen molar-refractivity contribution < 1.29 is 9.53 Å². The molecule has 0 bridgehead atoms. The molecule has 24 heavy (non-hydrogen) atoms. The van der Waals surface area contributed by atoms with Gasteiger partial charge in [0.25, 0.3) is 5.91 Å². The van der Waals surface area contributed by atoms with Crippen LogP contribution >= 0.6 is 0 Å². The van der Waals surface area contributed by atoms with Gasteiger partial charge in [-0.25, -0.2) is 4.98 Å². The Morgan fingerprint density at radius 3 is 2.75 bits per heavy atom. The highest BCUT2D eigenvalue weighted by atomic mass is 16.5. The topological polar surface area (TPSA) is 80.2 Å². The number of aromatic nitrogens is 3. The van der Waals surface area contributed by atoms with Crippen molar-refractivity contribution in [3.05, 3.63) is 53.9 Å². The summed E-state index contributed by atoms with van der Waals surface area (Å²) in [5, 5.41) is 2.95. The predicted molar refractivity (Wildman–Crippen MR) is 88.5 cm³/mol. The number of ether oxygens (including phenoxy) is 1. The van der Waals surface area contributed by atoms with Gasteiger partial charge in [-0.3, -0.25) is 19.7 Å². The molecule has 2 aromatic rings. The Morgan fingerprint density at radius 1 is 1.25 bits per heavy atom. The molecule has 1 fully saturated rings. The third-order valence-electron chi connectivity index (χ3n) is 3.99. The minimum absolute atomic E-state index is 0.0115. The molecule has 1 atom stereocenters. The maximum Gasteiger partial charge on any atom is 0.271 e. The van der Waals surface area contributed by atoms with Gasteiger partial charge in [0.15, 0.2) is 0 Å². The van der Waals surface area contributed by atoms with E-state index in [0.717, 1.165) is 24.5 Å². The summed E-state index contributed by atoms with van der Waals surface area (Å²) in [5.74, 6) is -0.225. The van der Waals surface area contributed by atoms with Crippen molar-refractivity contribution in [2.75, 3.05) is 32.8 Å². The molecule has 2 aromatic heterocycles. The minimum atomic E-state index is -0.225. The number of amides is 1. The Morgan fingerprint density at radius 2 is 2.08 bits per heavy atom. The summed E-state index contributed by atoms with van der Waals surface area (Å²) in [6.45, 7) is 5.33. The maximum atomic E-state index is 12.3. The average molecular weight is 327 g/mol. The van der Waals surface area contributed by atoms with Crippen LogP contribution in [0.1, 0.15) is 27.9 Å². The molecule has 0 spiro atoms. The molecule has 0 saturated carbocycles. The van der Waals surface area contributed by atoms with Crippen molar-refractivity contribution in [3.8, 4) is 0 Å². The fraction of sp³-hybridized carbons (Fsp3) is 0.412. The second kappa shape index (κ2) is 7.94. The van der Waals surface area contributed by atoms with Crippen LogP contribution in [0.5, 0.6) is 0 Å². The van der Waals surface area contributed by atoms with E-state index in [1.165, 1.54) is 6.20 Å². The molecule has 0 radical (unpaired) electrons.